The van der Waals surface area contributed by atoms with Crippen molar-refractivity contribution >= 4 is 17.8 Å². The highest BCUT2D eigenvalue weighted by Gasteiger charge is 2.61. The number of ether oxygens (including phenoxy) is 1. The second-order valence-corrected chi connectivity index (χ2v) is 5.91. The van der Waals surface area contributed by atoms with Gasteiger partial charge in [-0.1, -0.05) is 0 Å². The molecule has 2 heterocycles. The average Bonchev–Trinajstić information content (AvgIpc) is 3.08. The van der Waals surface area contributed by atoms with Crippen molar-refractivity contribution < 1.29 is 32.3 Å². The number of likely N-dealkylation sites (tertiary alicyclic amines) is 1. The van der Waals surface area contributed by atoms with Crippen LogP contribution < -0.4 is 5.32 Å². The lowest BCUT2D eigenvalue weighted by atomic mass is 9.86. The van der Waals surface area contributed by atoms with Crippen LogP contribution in [0, 0.1) is 29.3 Å². The van der Waals surface area contributed by atoms with E-state index in [9.17, 15) is 27.6 Å². The van der Waals surface area contributed by atoms with E-state index in [0.717, 1.165) is 12.0 Å². The number of halogens is 3. The molecule has 0 bridgehead atoms. The fourth-order valence-corrected chi connectivity index (χ4v) is 3.59. The maximum absolute atomic E-state index is 14.2. The van der Waals surface area contributed by atoms with Crippen LogP contribution in [0.4, 0.5) is 13.2 Å². The maximum Gasteiger partial charge on any atom is 0.323 e. The highest BCUT2D eigenvalue weighted by molar-refractivity contribution is 6.08. The van der Waals surface area contributed by atoms with Gasteiger partial charge in [0.05, 0.1) is 18.9 Å². The standard InChI is InChI=1S/C16H15F3N2O4/c1-3-21-14(22)10-11(15(21)23)13(16(24)25-2)20-12(10)6-4-8(18)9(19)5-7(6)17/h4-5,10-13,20H,3H2,1-2H3/t10-,11+,12-,13-/m0/s1. The van der Waals surface area contributed by atoms with Crippen LogP contribution in [0.2, 0.25) is 0 Å². The number of nitrogens with one attached hydrogen (secondary N) is 1. The Bertz CT molecular complexity index is 770. The van der Waals surface area contributed by atoms with E-state index in [1.807, 2.05) is 0 Å². The molecule has 0 spiro atoms. The van der Waals surface area contributed by atoms with Gasteiger partial charge in [0.2, 0.25) is 11.8 Å². The van der Waals surface area contributed by atoms with E-state index in [0.29, 0.717) is 12.1 Å². The zero-order valence-corrected chi connectivity index (χ0v) is 13.4. The summed E-state index contributed by atoms with van der Waals surface area (Å²) in [6.45, 7) is 1.68. The number of carbonyl (C=O) groups excluding carboxylic acids is 3. The van der Waals surface area contributed by atoms with Gasteiger partial charge in [-0.2, -0.15) is 0 Å². The lowest BCUT2D eigenvalue weighted by Gasteiger charge is -2.21. The number of esters is 1. The van der Waals surface area contributed by atoms with Gasteiger partial charge in [-0.05, 0) is 13.0 Å². The Balaban J connectivity index is 2.09. The van der Waals surface area contributed by atoms with Gasteiger partial charge in [0.15, 0.2) is 11.6 Å². The van der Waals surface area contributed by atoms with Gasteiger partial charge in [-0.25, -0.2) is 13.2 Å². The van der Waals surface area contributed by atoms with Gasteiger partial charge in [0.25, 0.3) is 0 Å². The zero-order valence-electron chi connectivity index (χ0n) is 13.4. The highest BCUT2D eigenvalue weighted by Crippen LogP contribution is 2.44. The molecule has 2 amide bonds. The Labute approximate surface area is 140 Å². The first-order valence-corrected chi connectivity index (χ1v) is 7.65. The third-order valence-corrected chi connectivity index (χ3v) is 4.71. The molecule has 9 heteroatoms. The molecule has 1 aromatic rings. The Morgan fingerprint density at radius 3 is 2.32 bits per heavy atom. The van der Waals surface area contributed by atoms with Crippen LogP contribution in [0.5, 0.6) is 0 Å². The lowest BCUT2D eigenvalue weighted by molar-refractivity contribution is -0.148. The zero-order chi connectivity index (χ0) is 18.5. The maximum atomic E-state index is 14.2. The predicted octanol–water partition coefficient (Wildman–Crippen LogP) is 0.911. The topological polar surface area (TPSA) is 75.7 Å². The van der Waals surface area contributed by atoms with Crippen molar-refractivity contribution in [1.29, 1.82) is 0 Å². The van der Waals surface area contributed by atoms with Crippen molar-refractivity contribution in [3.63, 3.8) is 0 Å². The number of hydrogen-bond donors (Lipinski definition) is 1. The molecule has 0 radical (unpaired) electrons. The van der Waals surface area contributed by atoms with E-state index in [4.69, 9.17) is 0 Å². The first-order valence-electron chi connectivity index (χ1n) is 7.65. The summed E-state index contributed by atoms with van der Waals surface area (Å²) in [5, 5.41) is 2.68. The normalized spacial score (nSPS) is 28.4. The number of imide groups is 1. The smallest absolute Gasteiger partial charge is 0.323 e. The summed E-state index contributed by atoms with van der Waals surface area (Å²) in [6.07, 6.45) is 0. The quantitative estimate of drug-likeness (QED) is 0.495. The molecule has 25 heavy (non-hydrogen) atoms. The summed E-state index contributed by atoms with van der Waals surface area (Å²) in [4.78, 5) is 38.0. The van der Waals surface area contributed by atoms with Crippen molar-refractivity contribution in [1.82, 2.24) is 10.2 Å². The highest BCUT2D eigenvalue weighted by atomic mass is 19.2. The van der Waals surface area contributed by atoms with E-state index in [2.05, 4.69) is 10.1 Å². The Morgan fingerprint density at radius 2 is 1.72 bits per heavy atom. The van der Waals surface area contributed by atoms with Crippen LogP contribution in [-0.2, 0) is 19.1 Å². The van der Waals surface area contributed by atoms with Gasteiger partial charge in [0, 0.05) is 24.2 Å². The fraction of sp³-hybridized carbons (Fsp3) is 0.438. The van der Waals surface area contributed by atoms with E-state index in [1.54, 1.807) is 6.92 Å². The molecular weight excluding hydrogens is 341 g/mol. The first-order chi connectivity index (χ1) is 11.8. The number of rotatable bonds is 3. The van der Waals surface area contributed by atoms with E-state index in [-0.39, 0.29) is 12.1 Å². The van der Waals surface area contributed by atoms with Crippen LogP contribution in [0.1, 0.15) is 18.5 Å². The second-order valence-electron chi connectivity index (χ2n) is 5.91. The molecule has 6 nitrogen and oxygen atoms in total. The minimum atomic E-state index is -1.37. The van der Waals surface area contributed by atoms with Crippen molar-refractivity contribution in [2.24, 2.45) is 11.8 Å². The molecule has 0 aliphatic carbocycles. The van der Waals surface area contributed by atoms with Crippen molar-refractivity contribution in [2.45, 2.75) is 19.0 Å². The molecule has 0 unspecified atom stereocenters. The summed E-state index contributed by atoms with van der Waals surface area (Å²) in [5.41, 5.74) is -0.320. The van der Waals surface area contributed by atoms with Gasteiger partial charge in [0.1, 0.15) is 11.9 Å². The fourth-order valence-electron chi connectivity index (χ4n) is 3.59. The third-order valence-electron chi connectivity index (χ3n) is 4.71. The molecular formula is C16H15F3N2O4. The summed E-state index contributed by atoms with van der Waals surface area (Å²) in [7, 11) is 1.11. The largest absolute Gasteiger partial charge is 0.468 e. The van der Waals surface area contributed by atoms with Crippen molar-refractivity contribution in [3.05, 3.63) is 35.1 Å². The molecule has 1 N–H and O–H groups in total. The summed E-state index contributed by atoms with van der Waals surface area (Å²) < 4.78 is 45.6. The van der Waals surface area contributed by atoms with Crippen LogP contribution in [0.3, 0.4) is 0 Å². The Morgan fingerprint density at radius 1 is 1.12 bits per heavy atom. The predicted molar refractivity (Wildman–Crippen MR) is 77.4 cm³/mol. The third kappa shape index (κ3) is 2.50. The van der Waals surface area contributed by atoms with Gasteiger partial charge < -0.3 is 4.74 Å². The number of amides is 2. The summed E-state index contributed by atoms with van der Waals surface area (Å²) in [5.74, 6) is -7.88. The molecule has 2 fully saturated rings. The summed E-state index contributed by atoms with van der Waals surface area (Å²) >= 11 is 0. The number of hydrogen-bond acceptors (Lipinski definition) is 5. The molecule has 2 aliphatic rings. The Hall–Kier alpha value is -2.42. The van der Waals surface area contributed by atoms with E-state index >= 15 is 0 Å². The lowest BCUT2D eigenvalue weighted by Crippen LogP contribution is -2.43. The average molecular weight is 356 g/mol. The molecule has 0 aromatic heterocycles. The van der Waals surface area contributed by atoms with Crippen molar-refractivity contribution in [2.75, 3.05) is 13.7 Å². The number of carbonyl (C=O) groups is 3. The molecule has 2 saturated heterocycles. The van der Waals surface area contributed by atoms with Gasteiger partial charge in [-0.3, -0.25) is 24.6 Å². The monoisotopic (exact) mass is 356 g/mol. The molecule has 134 valence electrons. The van der Waals surface area contributed by atoms with E-state index in [1.165, 1.54) is 0 Å². The van der Waals surface area contributed by atoms with Crippen LogP contribution >= 0.6 is 0 Å². The van der Waals surface area contributed by atoms with Gasteiger partial charge >= 0.3 is 5.97 Å². The summed E-state index contributed by atoms with van der Waals surface area (Å²) in [6, 6.07) is -1.34. The van der Waals surface area contributed by atoms with Crippen LogP contribution in [0.25, 0.3) is 0 Å². The second kappa shape index (κ2) is 6.14. The number of nitrogens with zero attached hydrogens (tertiary/aromatic N) is 1. The van der Waals surface area contributed by atoms with Crippen molar-refractivity contribution in [3.8, 4) is 0 Å². The molecule has 3 rings (SSSR count). The first kappa shape index (κ1) is 17.4. The SMILES string of the molecule is CCN1C(=O)[C@@H]2[C@H](C1=O)[C@H](c1cc(F)c(F)cc1F)N[C@@H]2C(=O)OC. The minimum absolute atomic E-state index is 0.0888. The molecule has 1 aromatic carbocycles. The molecule has 2 aliphatic heterocycles. The van der Waals surface area contributed by atoms with E-state index < -0.39 is 59.2 Å². The van der Waals surface area contributed by atoms with Crippen LogP contribution in [0.15, 0.2) is 12.1 Å². The molecule has 4 atom stereocenters. The van der Waals surface area contributed by atoms with Gasteiger partial charge in [-0.15, -0.1) is 0 Å². The number of fused-ring (bicyclic) bond motifs is 1. The Kier molecular flexibility index (Phi) is 4.28. The number of methoxy groups -OCH3 is 1. The van der Waals surface area contributed by atoms with Crippen LogP contribution in [-0.4, -0.2) is 42.4 Å². The minimum Gasteiger partial charge on any atom is -0.468 e. The number of benzene rings is 1. The molecule has 0 saturated carbocycles.